The lowest BCUT2D eigenvalue weighted by Crippen LogP contribution is -2.24. The highest BCUT2D eigenvalue weighted by atomic mass is 16.6. The molecule has 1 heterocycles. The Labute approximate surface area is 124 Å². The van der Waals surface area contributed by atoms with E-state index in [1.165, 1.54) is 12.8 Å². The Morgan fingerprint density at radius 1 is 1.24 bits per heavy atom. The monoisotopic (exact) mass is 293 g/mol. The molecule has 1 aliphatic rings. The van der Waals surface area contributed by atoms with E-state index in [4.69, 9.17) is 5.11 Å². The first-order chi connectivity index (χ1) is 10.2. The van der Waals surface area contributed by atoms with Crippen LogP contribution in [0, 0.1) is 10.1 Å². The number of anilines is 2. The van der Waals surface area contributed by atoms with Gasteiger partial charge in [-0.1, -0.05) is 12.8 Å². The molecule has 2 rings (SSSR count). The molecule has 6 heteroatoms. The highest BCUT2D eigenvalue weighted by molar-refractivity contribution is 5.69. The number of rotatable bonds is 6. The molecule has 1 aromatic rings. The summed E-state index contributed by atoms with van der Waals surface area (Å²) < 4.78 is 0. The highest BCUT2D eigenvalue weighted by Crippen LogP contribution is 2.32. The minimum atomic E-state index is -0.308. The summed E-state index contributed by atoms with van der Waals surface area (Å²) in [6, 6.07) is 5.31. The second-order valence-electron chi connectivity index (χ2n) is 5.37. The van der Waals surface area contributed by atoms with Crippen molar-refractivity contribution in [2.75, 3.05) is 36.5 Å². The predicted molar refractivity (Wildman–Crippen MR) is 84.0 cm³/mol. The third-order valence-electron chi connectivity index (χ3n) is 3.78. The van der Waals surface area contributed by atoms with E-state index in [1.807, 2.05) is 12.1 Å². The van der Waals surface area contributed by atoms with Crippen molar-refractivity contribution in [2.24, 2.45) is 0 Å². The molecule has 0 radical (unpaired) electrons. The smallest absolute Gasteiger partial charge is 0.294 e. The number of hydrogen-bond acceptors (Lipinski definition) is 5. The summed E-state index contributed by atoms with van der Waals surface area (Å²) >= 11 is 0. The van der Waals surface area contributed by atoms with E-state index in [0.29, 0.717) is 13.0 Å². The zero-order chi connectivity index (χ0) is 15.1. The summed E-state index contributed by atoms with van der Waals surface area (Å²) in [5.41, 5.74) is 1.61. The van der Waals surface area contributed by atoms with Crippen LogP contribution in [0.3, 0.4) is 0 Å². The predicted octanol–water partition coefficient (Wildman–Crippen LogP) is 2.77. The molecule has 1 fully saturated rings. The van der Waals surface area contributed by atoms with Crippen LogP contribution in [0.4, 0.5) is 17.1 Å². The van der Waals surface area contributed by atoms with E-state index >= 15 is 0 Å². The van der Waals surface area contributed by atoms with Crippen molar-refractivity contribution in [3.05, 3.63) is 28.3 Å². The van der Waals surface area contributed by atoms with Crippen molar-refractivity contribution in [1.82, 2.24) is 0 Å². The van der Waals surface area contributed by atoms with E-state index in [2.05, 4.69) is 10.2 Å². The molecule has 0 saturated carbocycles. The van der Waals surface area contributed by atoms with Gasteiger partial charge in [0.1, 0.15) is 5.69 Å². The maximum Gasteiger partial charge on any atom is 0.294 e. The van der Waals surface area contributed by atoms with Crippen molar-refractivity contribution in [3.8, 4) is 0 Å². The van der Waals surface area contributed by atoms with Crippen LogP contribution in [-0.2, 0) is 0 Å². The van der Waals surface area contributed by atoms with Gasteiger partial charge in [0.2, 0.25) is 0 Å². The van der Waals surface area contributed by atoms with Gasteiger partial charge in [0.25, 0.3) is 5.69 Å². The zero-order valence-corrected chi connectivity index (χ0v) is 12.3. The number of nitro benzene ring substituents is 1. The van der Waals surface area contributed by atoms with Crippen LogP contribution in [0.5, 0.6) is 0 Å². The number of nitrogens with one attached hydrogen (secondary N) is 1. The minimum absolute atomic E-state index is 0.112. The zero-order valence-electron chi connectivity index (χ0n) is 12.3. The van der Waals surface area contributed by atoms with Crippen LogP contribution in [0.15, 0.2) is 18.2 Å². The molecule has 0 amide bonds. The minimum Gasteiger partial charge on any atom is -0.396 e. The van der Waals surface area contributed by atoms with Gasteiger partial charge in [0.15, 0.2) is 0 Å². The average Bonchev–Trinajstić information content (AvgIpc) is 2.76. The first kappa shape index (κ1) is 15.6. The van der Waals surface area contributed by atoms with Crippen molar-refractivity contribution < 1.29 is 10.0 Å². The summed E-state index contributed by atoms with van der Waals surface area (Å²) in [5.74, 6) is 0. The summed E-state index contributed by atoms with van der Waals surface area (Å²) in [6.07, 6.45) is 5.21. The fraction of sp³-hybridized carbons (Fsp3) is 0.600. The maximum atomic E-state index is 11.3. The molecule has 1 aliphatic heterocycles. The molecule has 1 saturated heterocycles. The van der Waals surface area contributed by atoms with Gasteiger partial charge in [-0.15, -0.1) is 0 Å². The standard InChI is InChI=1S/C15H23N3O3/c19-11-5-8-16-13-6-7-14(15(12-13)18(20)21)17-9-3-1-2-4-10-17/h6-7,12,16,19H,1-5,8-11H2. The molecule has 1 aromatic carbocycles. The van der Waals surface area contributed by atoms with Gasteiger partial charge in [-0.25, -0.2) is 0 Å². The van der Waals surface area contributed by atoms with Crippen LogP contribution in [0.25, 0.3) is 0 Å². The summed E-state index contributed by atoms with van der Waals surface area (Å²) in [4.78, 5) is 13.2. The highest BCUT2D eigenvalue weighted by Gasteiger charge is 2.20. The second-order valence-corrected chi connectivity index (χ2v) is 5.37. The number of aliphatic hydroxyl groups excluding tert-OH is 1. The van der Waals surface area contributed by atoms with Gasteiger partial charge in [-0.05, 0) is 31.4 Å². The number of aliphatic hydroxyl groups is 1. The van der Waals surface area contributed by atoms with Crippen LogP contribution in [0.1, 0.15) is 32.1 Å². The van der Waals surface area contributed by atoms with Crippen LogP contribution in [-0.4, -0.2) is 36.3 Å². The average molecular weight is 293 g/mol. The third-order valence-corrected chi connectivity index (χ3v) is 3.78. The first-order valence-corrected chi connectivity index (χ1v) is 7.60. The summed E-state index contributed by atoms with van der Waals surface area (Å²) in [5, 5.41) is 23.2. The van der Waals surface area contributed by atoms with E-state index in [1.54, 1.807) is 6.07 Å². The largest absolute Gasteiger partial charge is 0.396 e. The van der Waals surface area contributed by atoms with Crippen molar-refractivity contribution in [2.45, 2.75) is 32.1 Å². The Morgan fingerprint density at radius 3 is 2.57 bits per heavy atom. The van der Waals surface area contributed by atoms with Gasteiger partial charge in [-0.2, -0.15) is 0 Å². The van der Waals surface area contributed by atoms with Crippen LogP contribution in [0.2, 0.25) is 0 Å². The Hall–Kier alpha value is -1.82. The lowest BCUT2D eigenvalue weighted by atomic mass is 10.2. The van der Waals surface area contributed by atoms with Crippen molar-refractivity contribution >= 4 is 17.1 Å². The van der Waals surface area contributed by atoms with Crippen LogP contribution >= 0.6 is 0 Å². The fourth-order valence-electron chi connectivity index (χ4n) is 2.67. The second kappa shape index (κ2) is 7.83. The SMILES string of the molecule is O=[N+]([O-])c1cc(NCCCO)ccc1N1CCCCCC1. The quantitative estimate of drug-likeness (QED) is 0.479. The fourth-order valence-corrected chi connectivity index (χ4v) is 2.67. The van der Waals surface area contributed by atoms with E-state index in [-0.39, 0.29) is 17.2 Å². The number of nitro groups is 1. The van der Waals surface area contributed by atoms with Gasteiger partial charge in [0, 0.05) is 38.0 Å². The lowest BCUT2D eigenvalue weighted by molar-refractivity contribution is -0.384. The third kappa shape index (κ3) is 4.32. The molecule has 0 aromatic heterocycles. The topological polar surface area (TPSA) is 78.6 Å². The van der Waals surface area contributed by atoms with Gasteiger partial charge in [0.05, 0.1) is 4.92 Å². The Kier molecular flexibility index (Phi) is 5.80. The molecule has 6 nitrogen and oxygen atoms in total. The molecule has 0 bridgehead atoms. The Balaban J connectivity index is 2.17. The number of hydrogen-bond donors (Lipinski definition) is 2. The van der Waals surface area contributed by atoms with Gasteiger partial charge in [-0.3, -0.25) is 10.1 Å². The maximum absolute atomic E-state index is 11.3. The van der Waals surface area contributed by atoms with Crippen LogP contribution < -0.4 is 10.2 Å². The summed E-state index contributed by atoms with van der Waals surface area (Å²) in [7, 11) is 0. The van der Waals surface area contributed by atoms with E-state index in [0.717, 1.165) is 37.3 Å². The van der Waals surface area contributed by atoms with Gasteiger partial charge >= 0.3 is 0 Å². The molecule has 0 aliphatic carbocycles. The normalized spacial score (nSPS) is 15.6. The van der Waals surface area contributed by atoms with Crippen molar-refractivity contribution in [3.63, 3.8) is 0 Å². The number of nitrogens with zero attached hydrogens (tertiary/aromatic N) is 2. The molecule has 0 spiro atoms. The molecule has 116 valence electrons. The van der Waals surface area contributed by atoms with Crippen molar-refractivity contribution in [1.29, 1.82) is 0 Å². The molecular weight excluding hydrogens is 270 g/mol. The Morgan fingerprint density at radius 2 is 1.95 bits per heavy atom. The molecule has 21 heavy (non-hydrogen) atoms. The lowest BCUT2D eigenvalue weighted by Gasteiger charge is -2.22. The molecule has 2 N–H and O–H groups in total. The van der Waals surface area contributed by atoms with Gasteiger partial charge < -0.3 is 15.3 Å². The van der Waals surface area contributed by atoms with E-state index < -0.39 is 0 Å². The molecule has 0 atom stereocenters. The molecule has 0 unspecified atom stereocenters. The van der Waals surface area contributed by atoms with E-state index in [9.17, 15) is 10.1 Å². The summed E-state index contributed by atoms with van der Waals surface area (Å²) in [6.45, 7) is 2.49. The molecular formula is C15H23N3O3. The first-order valence-electron chi connectivity index (χ1n) is 7.60. The number of benzene rings is 1. The Bertz CT molecular complexity index is 471.